The molecule has 0 bridgehead atoms. The van der Waals surface area contributed by atoms with Crippen molar-refractivity contribution in [2.45, 2.75) is 114 Å². The molecule has 0 aliphatic carbocycles. The molecule has 2 aromatic heterocycles. The van der Waals surface area contributed by atoms with E-state index in [0.29, 0.717) is 0 Å². The quantitative estimate of drug-likeness (QED) is 0.231. The van der Waals surface area contributed by atoms with E-state index in [4.69, 9.17) is 42.6 Å². The van der Waals surface area contributed by atoms with Gasteiger partial charge in [-0.3, -0.25) is 18.7 Å². The summed E-state index contributed by atoms with van der Waals surface area (Å²) >= 11 is 0. The van der Waals surface area contributed by atoms with E-state index in [1.807, 2.05) is 0 Å². The number of methoxy groups -OCH3 is 1. The first-order valence-electron chi connectivity index (χ1n) is 17.2. The van der Waals surface area contributed by atoms with Crippen molar-refractivity contribution in [1.29, 1.82) is 0 Å². The van der Waals surface area contributed by atoms with Crippen LogP contribution in [-0.4, -0.2) is 150 Å². The number of nitrogens with zero attached hydrogens (tertiary/aromatic N) is 6. The summed E-state index contributed by atoms with van der Waals surface area (Å²) in [6, 6.07) is 0. The van der Waals surface area contributed by atoms with E-state index in [1.165, 1.54) is 24.3 Å². The zero-order chi connectivity index (χ0) is 38.3. The Hall–Kier alpha value is -3.12. The first-order chi connectivity index (χ1) is 24.7. The van der Waals surface area contributed by atoms with Crippen LogP contribution in [0.15, 0.2) is 16.1 Å². The van der Waals surface area contributed by atoms with Gasteiger partial charge in [0.2, 0.25) is 17.6 Å². The van der Waals surface area contributed by atoms with Crippen LogP contribution in [0.25, 0.3) is 11.2 Å². The van der Waals surface area contributed by atoms with E-state index in [1.54, 1.807) is 65.1 Å². The van der Waals surface area contributed by atoms with Gasteiger partial charge in [-0.1, -0.05) is 0 Å². The summed E-state index contributed by atoms with van der Waals surface area (Å²) in [6.07, 6.45) is -2.19. The maximum absolute atomic E-state index is 13.6. The monoisotopic (exact) mass is 769 g/mol. The van der Waals surface area contributed by atoms with Crippen LogP contribution in [0, 0.1) is 0 Å². The number of carbonyl (C=O) groups excluding carboxylic acids is 1. The standard InChI is InChI=1S/C32H47N7O13S/c1-29(2)47-18-11-45-32(24(22(18)49-29)51-31(5,6)52-32)13-53(42,43)12-19(40)33-10-17-21-23(50-30(3,4)48-21)27(46-17)38-15-34-20-25(38)36-28(35-14-37(7)8)39(16-44-9)26(20)41/h14-15,17-18,21-24,27H,10-13,16H2,1-9H3,(H,33,40)/b35-14+/t17-,18-,21-,22-,23-,24+,27-,32+/m1/s1. The van der Waals surface area contributed by atoms with E-state index >= 15 is 0 Å². The van der Waals surface area contributed by atoms with Crippen molar-refractivity contribution in [1.82, 2.24) is 29.3 Å². The van der Waals surface area contributed by atoms with Crippen molar-refractivity contribution in [3.8, 4) is 0 Å². The molecule has 1 amide bonds. The Morgan fingerprint density at radius 1 is 1.06 bits per heavy atom. The molecule has 21 heteroatoms. The first kappa shape index (κ1) is 38.2. The summed E-state index contributed by atoms with van der Waals surface area (Å²) in [6.45, 7) is 10.1. The van der Waals surface area contributed by atoms with Crippen LogP contribution < -0.4 is 10.9 Å². The molecule has 0 radical (unpaired) electrons. The van der Waals surface area contributed by atoms with Crippen molar-refractivity contribution in [3.05, 3.63) is 16.7 Å². The highest BCUT2D eigenvalue weighted by Gasteiger charge is 2.66. The fraction of sp³-hybridized carbons (Fsp3) is 0.781. The van der Waals surface area contributed by atoms with Crippen LogP contribution in [0.4, 0.5) is 5.95 Å². The number of sulfone groups is 1. The second-order valence-corrected chi connectivity index (χ2v) is 17.4. The van der Waals surface area contributed by atoms with Crippen molar-refractivity contribution >= 4 is 39.2 Å². The molecule has 5 aliphatic rings. The second-order valence-electron chi connectivity index (χ2n) is 15.4. The highest BCUT2D eigenvalue weighted by molar-refractivity contribution is 7.92. The molecular formula is C32H47N7O13S. The Labute approximate surface area is 305 Å². The lowest BCUT2D eigenvalue weighted by Gasteiger charge is -2.40. The Morgan fingerprint density at radius 3 is 2.47 bits per heavy atom. The lowest BCUT2D eigenvalue weighted by atomic mass is 9.98. The minimum Gasteiger partial charge on any atom is -0.369 e. The highest BCUT2D eigenvalue weighted by atomic mass is 32.2. The number of hydrogen-bond acceptors (Lipinski definition) is 16. The summed E-state index contributed by atoms with van der Waals surface area (Å²) < 4.78 is 84.2. The Morgan fingerprint density at radius 2 is 1.75 bits per heavy atom. The number of hydrogen-bond donors (Lipinski definition) is 1. The molecule has 20 nitrogen and oxygen atoms in total. The van der Waals surface area contributed by atoms with Crippen molar-refractivity contribution in [3.63, 3.8) is 0 Å². The Kier molecular flexibility index (Phi) is 9.56. The molecule has 0 saturated carbocycles. The van der Waals surface area contributed by atoms with Gasteiger partial charge in [0.1, 0.15) is 54.9 Å². The van der Waals surface area contributed by atoms with Crippen LogP contribution in [0.5, 0.6) is 0 Å². The largest absolute Gasteiger partial charge is 0.369 e. The van der Waals surface area contributed by atoms with Gasteiger partial charge in [0.25, 0.3) is 5.56 Å². The predicted octanol–water partition coefficient (Wildman–Crippen LogP) is -0.235. The van der Waals surface area contributed by atoms with Crippen LogP contribution >= 0.6 is 0 Å². The van der Waals surface area contributed by atoms with E-state index in [-0.39, 0.29) is 37.0 Å². The highest BCUT2D eigenvalue weighted by Crippen LogP contribution is 2.48. The van der Waals surface area contributed by atoms with Crippen LogP contribution in [0.3, 0.4) is 0 Å². The number of amides is 1. The molecule has 5 fully saturated rings. The summed E-state index contributed by atoms with van der Waals surface area (Å²) in [4.78, 5) is 41.7. The summed E-state index contributed by atoms with van der Waals surface area (Å²) in [5, 5.41) is 2.68. The van der Waals surface area contributed by atoms with Crippen LogP contribution in [0.1, 0.15) is 47.8 Å². The SMILES string of the molecule is COCn1c(/N=C/N(C)C)nc2c(ncn2[C@@H]2O[C@H](CNC(=O)CS(=O)(=O)C[C@@]34OC[C@H]5OC(C)(C)O[C@H]5[C@@H]3OC(C)(C)O4)[C@H]3OC(C)(C)O[C@H]32)c1=O. The average Bonchev–Trinajstić information content (AvgIpc) is 3.81. The number of ether oxygens (including phenoxy) is 9. The minimum atomic E-state index is -4.14. The number of aromatic nitrogens is 4. The van der Waals surface area contributed by atoms with E-state index in [0.717, 1.165) is 0 Å². The number of carbonyl (C=O) groups is 1. The van der Waals surface area contributed by atoms with Gasteiger partial charge in [-0.2, -0.15) is 4.98 Å². The molecule has 294 valence electrons. The van der Waals surface area contributed by atoms with Crippen molar-refractivity contribution in [2.24, 2.45) is 4.99 Å². The number of imidazole rings is 1. The molecule has 5 saturated heterocycles. The molecule has 2 aromatic rings. The van der Waals surface area contributed by atoms with Crippen molar-refractivity contribution < 1.29 is 55.8 Å². The van der Waals surface area contributed by atoms with Gasteiger partial charge >= 0.3 is 0 Å². The molecule has 0 aromatic carbocycles. The lowest BCUT2D eigenvalue weighted by molar-refractivity contribution is -0.268. The molecule has 0 spiro atoms. The third-order valence-electron chi connectivity index (χ3n) is 9.27. The van der Waals surface area contributed by atoms with Gasteiger partial charge in [-0.15, -0.1) is 0 Å². The second kappa shape index (κ2) is 13.3. The number of aliphatic imine (C=N–C) groups is 1. The molecule has 8 atom stereocenters. The first-order valence-corrected chi connectivity index (χ1v) is 19.1. The van der Waals surface area contributed by atoms with Gasteiger partial charge in [0.15, 0.2) is 44.6 Å². The van der Waals surface area contributed by atoms with E-state index < -0.39 is 98.8 Å². The molecular weight excluding hydrogens is 722 g/mol. The van der Waals surface area contributed by atoms with Gasteiger partial charge in [-0.25, -0.2) is 18.4 Å². The summed E-state index contributed by atoms with van der Waals surface area (Å²) in [7, 11) is 0.865. The smallest absolute Gasteiger partial charge is 0.285 e. The maximum atomic E-state index is 13.6. The average molecular weight is 770 g/mol. The fourth-order valence-electron chi connectivity index (χ4n) is 7.51. The zero-order valence-corrected chi connectivity index (χ0v) is 31.9. The molecule has 7 heterocycles. The van der Waals surface area contributed by atoms with E-state index in [2.05, 4.69) is 20.3 Å². The summed E-state index contributed by atoms with van der Waals surface area (Å²) in [5.41, 5.74) is -0.226. The third-order valence-corrected chi connectivity index (χ3v) is 10.8. The lowest BCUT2D eigenvalue weighted by Crippen LogP contribution is -2.61. The van der Waals surface area contributed by atoms with Crippen LogP contribution in [0.2, 0.25) is 0 Å². The molecule has 53 heavy (non-hydrogen) atoms. The molecule has 7 rings (SSSR count). The number of fused-ring (bicyclic) bond motifs is 5. The predicted molar refractivity (Wildman–Crippen MR) is 183 cm³/mol. The van der Waals surface area contributed by atoms with Crippen LogP contribution in [-0.2, 0) is 64.0 Å². The normalized spacial score (nSPS) is 34.0. The van der Waals surface area contributed by atoms with Gasteiger partial charge in [0, 0.05) is 27.7 Å². The zero-order valence-electron chi connectivity index (χ0n) is 31.1. The fourth-order valence-corrected chi connectivity index (χ4v) is 9.03. The van der Waals surface area contributed by atoms with Gasteiger partial charge in [0.05, 0.1) is 19.3 Å². The number of rotatable bonds is 11. The topological polar surface area (TPSA) is 215 Å². The van der Waals surface area contributed by atoms with Gasteiger partial charge in [-0.05, 0) is 41.5 Å². The number of nitrogens with one attached hydrogen (secondary N) is 1. The third kappa shape index (κ3) is 7.35. The summed E-state index contributed by atoms with van der Waals surface area (Å²) in [5.74, 6) is -7.05. The van der Waals surface area contributed by atoms with Crippen molar-refractivity contribution in [2.75, 3.05) is 45.9 Å². The minimum absolute atomic E-state index is 0.0164. The Balaban J connectivity index is 1.07. The maximum Gasteiger partial charge on any atom is 0.285 e. The molecule has 0 unspecified atom stereocenters. The Bertz CT molecular complexity index is 1950. The van der Waals surface area contributed by atoms with Gasteiger partial charge < -0.3 is 52.8 Å². The molecule has 1 N–H and O–H groups in total. The van der Waals surface area contributed by atoms with E-state index in [9.17, 15) is 18.0 Å². The molecule has 5 aliphatic heterocycles.